The van der Waals surface area contributed by atoms with Gasteiger partial charge in [-0.25, -0.2) is 0 Å². The molecule has 1 saturated heterocycles. The Morgan fingerprint density at radius 1 is 1.00 bits per heavy atom. The van der Waals surface area contributed by atoms with E-state index < -0.39 is 0 Å². The highest BCUT2D eigenvalue weighted by molar-refractivity contribution is 5.78. The lowest BCUT2D eigenvalue weighted by atomic mass is 10.2. The maximum atomic E-state index is 12.1. The highest BCUT2D eigenvalue weighted by Crippen LogP contribution is 2.03. The van der Waals surface area contributed by atoms with Crippen LogP contribution >= 0.6 is 0 Å². The fourth-order valence-electron chi connectivity index (χ4n) is 2.60. The van der Waals surface area contributed by atoms with Crippen LogP contribution in [0.25, 0.3) is 0 Å². The van der Waals surface area contributed by atoms with Gasteiger partial charge in [0.15, 0.2) is 0 Å². The molecule has 0 spiro atoms. The molecule has 0 radical (unpaired) electrons. The van der Waals surface area contributed by atoms with E-state index in [0.29, 0.717) is 13.1 Å². The molecule has 1 aliphatic rings. The van der Waals surface area contributed by atoms with Crippen molar-refractivity contribution < 1.29 is 9.59 Å². The summed E-state index contributed by atoms with van der Waals surface area (Å²) in [5.74, 6) is 0.301. The van der Waals surface area contributed by atoms with Gasteiger partial charge >= 0.3 is 0 Å². The van der Waals surface area contributed by atoms with Crippen molar-refractivity contribution in [2.45, 2.75) is 40.2 Å². The van der Waals surface area contributed by atoms with E-state index in [0.717, 1.165) is 45.7 Å². The number of hydrogen-bond acceptors (Lipinski definition) is 4. The molecule has 0 aromatic rings. The maximum absolute atomic E-state index is 12.1. The van der Waals surface area contributed by atoms with Gasteiger partial charge in [0, 0.05) is 45.3 Å². The zero-order valence-electron chi connectivity index (χ0n) is 14.6. The van der Waals surface area contributed by atoms with Gasteiger partial charge in [-0.3, -0.25) is 19.4 Å². The average molecular weight is 312 g/mol. The van der Waals surface area contributed by atoms with Crippen molar-refractivity contribution in [1.82, 2.24) is 20.0 Å². The molecular formula is C16H32N4O2. The quantitative estimate of drug-likeness (QED) is 0.704. The minimum atomic E-state index is 0.0991. The zero-order valence-corrected chi connectivity index (χ0v) is 14.6. The first-order chi connectivity index (χ1) is 10.5. The molecule has 22 heavy (non-hydrogen) atoms. The second kappa shape index (κ2) is 9.79. The lowest BCUT2D eigenvalue weighted by Crippen LogP contribution is -2.52. The molecule has 1 atom stereocenters. The highest BCUT2D eigenvalue weighted by atomic mass is 16.2. The standard InChI is InChI=1S/C16H32N4O2/c1-5-14(4)17-15(21)12-18-8-10-19(11-9-18)13-16(22)20(6-2)7-3/h14H,5-13H2,1-4H3,(H,17,21). The van der Waals surface area contributed by atoms with Gasteiger partial charge in [-0.15, -0.1) is 0 Å². The third kappa shape index (κ3) is 6.32. The van der Waals surface area contributed by atoms with Gasteiger partial charge in [0.25, 0.3) is 0 Å². The third-order valence-corrected chi connectivity index (χ3v) is 4.33. The second-order valence-corrected chi connectivity index (χ2v) is 6.00. The van der Waals surface area contributed by atoms with Crippen LogP contribution < -0.4 is 5.32 Å². The lowest BCUT2D eigenvalue weighted by Gasteiger charge is -2.35. The van der Waals surface area contributed by atoms with Crippen LogP contribution in [-0.2, 0) is 9.59 Å². The molecule has 0 bridgehead atoms. The number of nitrogens with zero attached hydrogens (tertiary/aromatic N) is 3. The van der Waals surface area contributed by atoms with Gasteiger partial charge in [-0.1, -0.05) is 6.92 Å². The Bertz CT molecular complexity index is 350. The number of hydrogen-bond donors (Lipinski definition) is 1. The van der Waals surface area contributed by atoms with Crippen LogP contribution in [0.1, 0.15) is 34.1 Å². The molecule has 0 saturated carbocycles. The molecule has 6 heteroatoms. The fraction of sp³-hybridized carbons (Fsp3) is 0.875. The summed E-state index contributed by atoms with van der Waals surface area (Å²) in [5, 5.41) is 3.00. The largest absolute Gasteiger partial charge is 0.353 e. The first-order valence-electron chi connectivity index (χ1n) is 8.51. The number of carbonyl (C=O) groups is 2. The van der Waals surface area contributed by atoms with E-state index >= 15 is 0 Å². The molecule has 6 nitrogen and oxygen atoms in total. The van der Waals surface area contributed by atoms with Gasteiger partial charge in [0.2, 0.25) is 11.8 Å². The number of nitrogens with one attached hydrogen (secondary N) is 1. The summed E-state index contributed by atoms with van der Waals surface area (Å²) in [6, 6.07) is 0.237. The molecule has 0 aliphatic carbocycles. The smallest absolute Gasteiger partial charge is 0.236 e. The highest BCUT2D eigenvalue weighted by Gasteiger charge is 2.22. The summed E-state index contributed by atoms with van der Waals surface area (Å²) in [4.78, 5) is 30.2. The summed E-state index contributed by atoms with van der Waals surface area (Å²) in [7, 11) is 0. The summed E-state index contributed by atoms with van der Waals surface area (Å²) in [6.07, 6.45) is 0.951. The third-order valence-electron chi connectivity index (χ3n) is 4.33. The van der Waals surface area contributed by atoms with E-state index in [4.69, 9.17) is 0 Å². The van der Waals surface area contributed by atoms with E-state index in [1.807, 2.05) is 25.7 Å². The monoisotopic (exact) mass is 312 g/mol. The Balaban J connectivity index is 2.28. The van der Waals surface area contributed by atoms with Crippen molar-refractivity contribution in [2.75, 3.05) is 52.4 Å². The lowest BCUT2D eigenvalue weighted by molar-refractivity contribution is -0.133. The first kappa shape index (κ1) is 18.9. The summed E-state index contributed by atoms with van der Waals surface area (Å²) in [6.45, 7) is 14.0. The number of amides is 2. The average Bonchev–Trinajstić information content (AvgIpc) is 2.50. The van der Waals surface area contributed by atoms with Crippen LogP contribution in [-0.4, -0.2) is 84.9 Å². The van der Waals surface area contributed by atoms with Crippen molar-refractivity contribution in [2.24, 2.45) is 0 Å². The molecule has 1 N–H and O–H groups in total. The maximum Gasteiger partial charge on any atom is 0.236 e. The van der Waals surface area contributed by atoms with Crippen LogP contribution in [0.2, 0.25) is 0 Å². The molecule has 1 aliphatic heterocycles. The molecule has 1 unspecified atom stereocenters. The molecule has 128 valence electrons. The molecular weight excluding hydrogens is 280 g/mol. The Kier molecular flexibility index (Phi) is 8.42. The molecule has 2 amide bonds. The van der Waals surface area contributed by atoms with Gasteiger partial charge < -0.3 is 10.2 Å². The Hall–Kier alpha value is -1.14. The summed E-state index contributed by atoms with van der Waals surface area (Å²) in [5.41, 5.74) is 0. The van der Waals surface area contributed by atoms with Crippen LogP contribution in [0, 0.1) is 0 Å². The van der Waals surface area contributed by atoms with E-state index in [1.54, 1.807) is 0 Å². The molecule has 1 rings (SSSR count). The zero-order chi connectivity index (χ0) is 16.5. The number of likely N-dealkylation sites (N-methyl/N-ethyl adjacent to an activating group) is 1. The predicted molar refractivity (Wildman–Crippen MR) is 88.7 cm³/mol. The summed E-state index contributed by atoms with van der Waals surface area (Å²) >= 11 is 0. The fourth-order valence-corrected chi connectivity index (χ4v) is 2.60. The molecule has 0 aromatic carbocycles. The Labute approximate surface area is 134 Å². The summed E-state index contributed by atoms with van der Waals surface area (Å²) < 4.78 is 0. The minimum Gasteiger partial charge on any atom is -0.353 e. The van der Waals surface area contributed by atoms with Gasteiger partial charge in [0.05, 0.1) is 13.1 Å². The first-order valence-corrected chi connectivity index (χ1v) is 8.51. The van der Waals surface area contributed by atoms with E-state index in [9.17, 15) is 9.59 Å². The van der Waals surface area contributed by atoms with E-state index in [2.05, 4.69) is 22.0 Å². The van der Waals surface area contributed by atoms with Crippen LogP contribution in [0.3, 0.4) is 0 Å². The van der Waals surface area contributed by atoms with Gasteiger partial charge in [0.1, 0.15) is 0 Å². The van der Waals surface area contributed by atoms with E-state index in [-0.39, 0.29) is 17.9 Å². The van der Waals surface area contributed by atoms with Crippen molar-refractivity contribution in [1.29, 1.82) is 0 Å². The van der Waals surface area contributed by atoms with Crippen molar-refractivity contribution in [3.05, 3.63) is 0 Å². The SMILES string of the molecule is CCC(C)NC(=O)CN1CCN(CC(=O)N(CC)CC)CC1. The predicted octanol–water partition coefficient (Wildman–Crippen LogP) is 0.387. The normalized spacial score (nSPS) is 18.0. The topological polar surface area (TPSA) is 55.9 Å². The van der Waals surface area contributed by atoms with Gasteiger partial charge in [-0.05, 0) is 27.2 Å². The second-order valence-electron chi connectivity index (χ2n) is 6.00. The minimum absolute atomic E-state index is 0.0991. The van der Waals surface area contributed by atoms with Crippen molar-refractivity contribution in [3.63, 3.8) is 0 Å². The number of carbonyl (C=O) groups excluding carboxylic acids is 2. The number of rotatable bonds is 8. The number of piperazine rings is 1. The van der Waals surface area contributed by atoms with Crippen LogP contribution in [0.15, 0.2) is 0 Å². The van der Waals surface area contributed by atoms with Crippen LogP contribution in [0.5, 0.6) is 0 Å². The van der Waals surface area contributed by atoms with Crippen LogP contribution in [0.4, 0.5) is 0 Å². The molecule has 1 fully saturated rings. The Morgan fingerprint density at radius 3 is 1.95 bits per heavy atom. The van der Waals surface area contributed by atoms with Gasteiger partial charge in [-0.2, -0.15) is 0 Å². The molecule has 0 aromatic heterocycles. The van der Waals surface area contributed by atoms with Crippen molar-refractivity contribution >= 4 is 11.8 Å². The van der Waals surface area contributed by atoms with E-state index in [1.165, 1.54) is 0 Å². The Morgan fingerprint density at radius 2 is 1.50 bits per heavy atom. The van der Waals surface area contributed by atoms with Crippen molar-refractivity contribution in [3.8, 4) is 0 Å². The molecule has 1 heterocycles.